The smallest absolute Gasteiger partial charge is 0.410 e. The summed E-state index contributed by atoms with van der Waals surface area (Å²) in [6, 6.07) is 1.76. The minimum Gasteiger partial charge on any atom is -0.475 e. The van der Waals surface area contributed by atoms with E-state index in [1.807, 2.05) is 27.0 Å². The van der Waals surface area contributed by atoms with Crippen molar-refractivity contribution in [1.29, 1.82) is 0 Å². The van der Waals surface area contributed by atoms with Crippen molar-refractivity contribution < 1.29 is 14.3 Å². The third-order valence-corrected chi connectivity index (χ3v) is 3.78. The first kappa shape index (κ1) is 16.9. The molecule has 0 N–H and O–H groups in total. The minimum atomic E-state index is -0.481. The molecule has 0 saturated carbocycles. The van der Waals surface area contributed by atoms with Crippen molar-refractivity contribution >= 4 is 17.9 Å². The molecule has 1 amide bonds. The average Bonchev–Trinajstić information content (AvgIpc) is 2.92. The number of carbonyl (C=O) groups excluding carboxylic acids is 1. The number of rotatable bonds is 4. The summed E-state index contributed by atoms with van der Waals surface area (Å²) in [6.07, 6.45) is 5.20. The first-order valence-electron chi connectivity index (χ1n) is 7.38. The molecule has 1 unspecified atom stereocenters. The lowest BCUT2D eigenvalue weighted by atomic mass is 10.2. The van der Waals surface area contributed by atoms with Crippen molar-refractivity contribution in [2.45, 2.75) is 50.4 Å². The highest BCUT2D eigenvalue weighted by molar-refractivity contribution is 7.98. The van der Waals surface area contributed by atoms with E-state index in [-0.39, 0.29) is 12.1 Å². The Morgan fingerprint density at radius 3 is 2.95 bits per heavy atom. The van der Waals surface area contributed by atoms with Crippen LogP contribution >= 0.6 is 11.8 Å². The number of likely N-dealkylation sites (tertiary alicyclic amines) is 1. The molecule has 2 rings (SSSR count). The summed E-state index contributed by atoms with van der Waals surface area (Å²) < 4.78 is 11.2. The number of carbonyl (C=O) groups is 1. The molecule has 122 valence electrons. The molecule has 1 aromatic rings. The molecule has 1 fully saturated rings. The van der Waals surface area contributed by atoms with Gasteiger partial charge in [-0.3, -0.25) is 0 Å². The molecular formula is C15H23N3O3S. The Morgan fingerprint density at radius 1 is 1.50 bits per heavy atom. The maximum atomic E-state index is 12.2. The predicted molar refractivity (Wildman–Crippen MR) is 85.3 cm³/mol. The number of nitrogens with zero attached hydrogens (tertiary/aromatic N) is 3. The van der Waals surface area contributed by atoms with Gasteiger partial charge < -0.3 is 14.4 Å². The van der Waals surface area contributed by atoms with E-state index in [1.165, 1.54) is 11.8 Å². The van der Waals surface area contributed by atoms with Crippen LogP contribution in [-0.4, -0.2) is 52.0 Å². The van der Waals surface area contributed by atoms with Crippen molar-refractivity contribution in [3.05, 3.63) is 12.3 Å². The SMILES string of the molecule is CSc1nccc(OCC2CCCN2C(=O)OC(C)(C)C)n1. The van der Waals surface area contributed by atoms with Crippen LogP contribution in [0.5, 0.6) is 5.88 Å². The second-order valence-electron chi connectivity index (χ2n) is 6.16. The van der Waals surface area contributed by atoms with Crippen molar-refractivity contribution in [3.8, 4) is 5.88 Å². The van der Waals surface area contributed by atoms with Crippen molar-refractivity contribution in [2.24, 2.45) is 0 Å². The van der Waals surface area contributed by atoms with E-state index in [1.54, 1.807) is 17.2 Å². The zero-order valence-corrected chi connectivity index (χ0v) is 14.4. The predicted octanol–water partition coefficient (Wildman–Crippen LogP) is 2.98. The molecule has 0 radical (unpaired) electrons. The van der Waals surface area contributed by atoms with E-state index < -0.39 is 5.60 Å². The van der Waals surface area contributed by atoms with Crippen LogP contribution in [0.2, 0.25) is 0 Å². The number of hydrogen-bond donors (Lipinski definition) is 0. The Kier molecular flexibility index (Phi) is 5.50. The lowest BCUT2D eigenvalue weighted by Gasteiger charge is -2.28. The maximum Gasteiger partial charge on any atom is 0.410 e. The van der Waals surface area contributed by atoms with Crippen molar-refractivity contribution in [1.82, 2.24) is 14.9 Å². The van der Waals surface area contributed by atoms with Gasteiger partial charge in [0, 0.05) is 18.8 Å². The molecule has 1 aromatic heterocycles. The van der Waals surface area contributed by atoms with Gasteiger partial charge in [-0.15, -0.1) is 0 Å². The van der Waals surface area contributed by atoms with E-state index in [4.69, 9.17) is 9.47 Å². The Balaban J connectivity index is 1.92. The highest BCUT2D eigenvalue weighted by Gasteiger charge is 2.32. The van der Waals surface area contributed by atoms with E-state index >= 15 is 0 Å². The van der Waals surface area contributed by atoms with Crippen LogP contribution in [0.3, 0.4) is 0 Å². The molecule has 6 nitrogen and oxygen atoms in total. The number of hydrogen-bond acceptors (Lipinski definition) is 6. The molecule has 0 aromatic carbocycles. The largest absolute Gasteiger partial charge is 0.475 e. The van der Waals surface area contributed by atoms with E-state index in [9.17, 15) is 4.79 Å². The number of amides is 1. The van der Waals surface area contributed by atoms with Crippen LogP contribution in [0.1, 0.15) is 33.6 Å². The van der Waals surface area contributed by atoms with Gasteiger partial charge in [0.2, 0.25) is 5.88 Å². The van der Waals surface area contributed by atoms with Crippen LogP contribution in [0, 0.1) is 0 Å². The topological polar surface area (TPSA) is 64.5 Å². The number of aromatic nitrogens is 2. The van der Waals surface area contributed by atoms with Gasteiger partial charge in [0.1, 0.15) is 12.2 Å². The van der Waals surface area contributed by atoms with Gasteiger partial charge >= 0.3 is 6.09 Å². The highest BCUT2D eigenvalue weighted by Crippen LogP contribution is 2.22. The molecule has 1 atom stereocenters. The normalized spacial score (nSPS) is 18.4. The zero-order valence-electron chi connectivity index (χ0n) is 13.5. The van der Waals surface area contributed by atoms with Gasteiger partial charge in [-0.05, 0) is 39.9 Å². The Morgan fingerprint density at radius 2 is 2.27 bits per heavy atom. The Hall–Kier alpha value is -1.50. The molecule has 22 heavy (non-hydrogen) atoms. The summed E-state index contributed by atoms with van der Waals surface area (Å²) in [7, 11) is 0. The molecular weight excluding hydrogens is 302 g/mol. The van der Waals surface area contributed by atoms with Gasteiger partial charge in [-0.25, -0.2) is 9.78 Å². The zero-order chi connectivity index (χ0) is 16.2. The summed E-state index contributed by atoms with van der Waals surface area (Å²) in [5.74, 6) is 0.537. The van der Waals surface area contributed by atoms with Gasteiger partial charge in [-0.2, -0.15) is 4.98 Å². The highest BCUT2D eigenvalue weighted by atomic mass is 32.2. The fraction of sp³-hybridized carbons (Fsp3) is 0.667. The quantitative estimate of drug-likeness (QED) is 0.626. The number of thioether (sulfide) groups is 1. The van der Waals surface area contributed by atoms with Gasteiger partial charge in [0.05, 0.1) is 6.04 Å². The molecule has 2 heterocycles. The third-order valence-electron chi connectivity index (χ3n) is 3.22. The standard InChI is InChI=1S/C15H23N3O3S/c1-15(2,3)21-14(19)18-9-5-6-11(18)10-20-12-7-8-16-13(17-12)22-4/h7-8,11H,5-6,9-10H2,1-4H3. The van der Waals surface area contributed by atoms with Gasteiger partial charge in [0.15, 0.2) is 5.16 Å². The first-order valence-corrected chi connectivity index (χ1v) is 8.61. The van der Waals surface area contributed by atoms with Crippen LogP contribution in [0.25, 0.3) is 0 Å². The van der Waals surface area contributed by atoms with Crippen LogP contribution in [0.4, 0.5) is 4.79 Å². The van der Waals surface area contributed by atoms with Crippen molar-refractivity contribution in [3.63, 3.8) is 0 Å². The molecule has 1 saturated heterocycles. The molecule has 1 aliphatic heterocycles. The minimum absolute atomic E-state index is 0.0301. The van der Waals surface area contributed by atoms with E-state index in [2.05, 4.69) is 9.97 Å². The molecule has 0 bridgehead atoms. The Bertz CT molecular complexity index is 519. The second kappa shape index (κ2) is 7.17. The summed E-state index contributed by atoms with van der Waals surface area (Å²) in [6.45, 7) is 6.75. The fourth-order valence-corrected chi connectivity index (χ4v) is 2.60. The lowest BCUT2D eigenvalue weighted by molar-refractivity contribution is 0.0185. The monoisotopic (exact) mass is 325 g/mol. The van der Waals surface area contributed by atoms with E-state index in [0.717, 1.165) is 12.8 Å². The summed E-state index contributed by atoms with van der Waals surface area (Å²) in [5, 5.41) is 0.674. The molecule has 0 spiro atoms. The molecule has 0 aliphatic carbocycles. The molecule has 7 heteroatoms. The fourth-order valence-electron chi connectivity index (χ4n) is 2.26. The van der Waals surface area contributed by atoms with Crippen LogP contribution in [0.15, 0.2) is 17.4 Å². The molecule has 1 aliphatic rings. The van der Waals surface area contributed by atoms with Gasteiger partial charge in [0.25, 0.3) is 0 Å². The van der Waals surface area contributed by atoms with Gasteiger partial charge in [-0.1, -0.05) is 11.8 Å². The van der Waals surface area contributed by atoms with Crippen molar-refractivity contribution in [2.75, 3.05) is 19.4 Å². The first-order chi connectivity index (χ1) is 10.4. The Labute approximate surface area is 135 Å². The third kappa shape index (κ3) is 4.76. The summed E-state index contributed by atoms with van der Waals surface area (Å²) in [4.78, 5) is 22.3. The average molecular weight is 325 g/mol. The van der Waals surface area contributed by atoms with E-state index in [0.29, 0.717) is 24.2 Å². The second-order valence-corrected chi connectivity index (χ2v) is 6.94. The maximum absolute atomic E-state index is 12.2. The number of ether oxygens (including phenoxy) is 2. The van der Waals surface area contributed by atoms with Crippen LogP contribution < -0.4 is 4.74 Å². The summed E-state index contributed by atoms with van der Waals surface area (Å²) >= 11 is 1.47. The van der Waals surface area contributed by atoms with Crippen LogP contribution in [-0.2, 0) is 4.74 Å². The lowest BCUT2D eigenvalue weighted by Crippen LogP contribution is -2.42. The summed E-state index contributed by atoms with van der Waals surface area (Å²) in [5.41, 5.74) is -0.481.